The predicted octanol–water partition coefficient (Wildman–Crippen LogP) is 4.90. The maximum atomic E-state index is 13.7. The molecule has 0 radical (unpaired) electrons. The molecule has 3 amide bonds. The SMILES string of the molecule is CC(C)C[C@@]1(C2CCN(Cc3ccc(O)c(Cl)c3)CC2)NC(=O)N(CCc2cccs2)C1=O. The number of piperidine rings is 1. The number of thiophene rings is 1. The molecule has 4 rings (SSSR count). The van der Waals surface area contributed by atoms with Crippen molar-refractivity contribution in [2.24, 2.45) is 11.8 Å². The van der Waals surface area contributed by atoms with Crippen LogP contribution in [0.1, 0.15) is 43.6 Å². The molecule has 0 spiro atoms. The van der Waals surface area contributed by atoms with Crippen LogP contribution in [0.15, 0.2) is 35.7 Å². The lowest BCUT2D eigenvalue weighted by Gasteiger charge is -2.41. The number of carbonyl (C=O) groups is 2. The van der Waals surface area contributed by atoms with Crippen LogP contribution < -0.4 is 5.32 Å². The normalized spacial score (nSPS) is 22.4. The molecule has 2 fully saturated rings. The Kier molecular flexibility index (Phi) is 7.31. The Balaban J connectivity index is 1.43. The van der Waals surface area contributed by atoms with Gasteiger partial charge in [0.1, 0.15) is 11.3 Å². The van der Waals surface area contributed by atoms with Crippen LogP contribution in [0, 0.1) is 11.8 Å². The third-order valence-electron chi connectivity index (χ3n) is 6.80. The number of phenols is 1. The average molecular weight is 490 g/mol. The number of nitrogens with zero attached hydrogens (tertiary/aromatic N) is 2. The van der Waals surface area contributed by atoms with Gasteiger partial charge in [0, 0.05) is 18.0 Å². The number of urea groups is 1. The molecule has 2 saturated heterocycles. The molecule has 2 aliphatic heterocycles. The van der Waals surface area contributed by atoms with Gasteiger partial charge in [-0.15, -0.1) is 11.3 Å². The molecule has 0 unspecified atom stereocenters. The van der Waals surface area contributed by atoms with Gasteiger partial charge in [-0.2, -0.15) is 0 Å². The van der Waals surface area contributed by atoms with Gasteiger partial charge in [-0.05, 0) is 79.8 Å². The van der Waals surface area contributed by atoms with E-state index in [1.54, 1.807) is 23.5 Å². The second-order valence-electron chi connectivity index (χ2n) is 9.62. The number of phenolic OH excluding ortho intramolecular Hbond substituents is 1. The Hall–Kier alpha value is -2.09. The largest absolute Gasteiger partial charge is 0.506 e. The molecule has 1 aromatic heterocycles. The molecule has 3 heterocycles. The first-order valence-electron chi connectivity index (χ1n) is 11.6. The molecule has 8 heteroatoms. The number of likely N-dealkylation sites (tertiary alicyclic amines) is 1. The molecule has 6 nitrogen and oxygen atoms in total. The summed E-state index contributed by atoms with van der Waals surface area (Å²) in [7, 11) is 0. The summed E-state index contributed by atoms with van der Waals surface area (Å²) in [5.74, 6) is 0.446. The molecule has 2 aliphatic rings. The number of amides is 3. The quantitative estimate of drug-likeness (QED) is 0.517. The fraction of sp³-hybridized carbons (Fsp3) is 0.520. The van der Waals surface area contributed by atoms with Crippen LogP contribution in [0.3, 0.4) is 0 Å². The lowest BCUT2D eigenvalue weighted by Crippen LogP contribution is -2.56. The number of nitrogens with one attached hydrogen (secondary N) is 1. The van der Waals surface area contributed by atoms with Crippen LogP contribution in [0.25, 0.3) is 0 Å². The Bertz CT molecular complexity index is 989. The van der Waals surface area contributed by atoms with E-state index in [1.165, 1.54) is 9.78 Å². The third-order valence-corrected chi connectivity index (χ3v) is 8.04. The average Bonchev–Trinajstić information content (AvgIpc) is 3.37. The summed E-state index contributed by atoms with van der Waals surface area (Å²) in [5, 5.41) is 15.2. The number of halogens is 1. The fourth-order valence-corrected chi connectivity index (χ4v) is 6.14. The van der Waals surface area contributed by atoms with Crippen molar-refractivity contribution in [3.63, 3.8) is 0 Å². The fourth-order valence-electron chi connectivity index (χ4n) is 5.24. The smallest absolute Gasteiger partial charge is 0.325 e. The Morgan fingerprint density at radius 1 is 1.24 bits per heavy atom. The van der Waals surface area contributed by atoms with Gasteiger partial charge >= 0.3 is 6.03 Å². The van der Waals surface area contributed by atoms with Crippen LogP contribution in [0.4, 0.5) is 4.79 Å². The highest BCUT2D eigenvalue weighted by molar-refractivity contribution is 7.09. The molecule has 1 atom stereocenters. The van der Waals surface area contributed by atoms with E-state index in [4.69, 9.17) is 11.6 Å². The number of imide groups is 1. The van der Waals surface area contributed by atoms with Crippen LogP contribution in [0.2, 0.25) is 5.02 Å². The van der Waals surface area contributed by atoms with E-state index < -0.39 is 5.54 Å². The summed E-state index contributed by atoms with van der Waals surface area (Å²) >= 11 is 7.71. The van der Waals surface area contributed by atoms with Crippen molar-refractivity contribution in [3.05, 3.63) is 51.2 Å². The number of benzene rings is 1. The minimum atomic E-state index is -0.811. The van der Waals surface area contributed by atoms with Crippen LogP contribution in [-0.2, 0) is 17.8 Å². The number of hydrogen-bond donors (Lipinski definition) is 2. The molecule has 0 bridgehead atoms. The van der Waals surface area contributed by atoms with Crippen LogP contribution in [-0.4, -0.2) is 52.0 Å². The topological polar surface area (TPSA) is 72.9 Å². The van der Waals surface area contributed by atoms with Crippen molar-refractivity contribution in [1.82, 2.24) is 15.1 Å². The molecule has 2 N–H and O–H groups in total. The summed E-state index contributed by atoms with van der Waals surface area (Å²) in [6.45, 7) is 7.09. The van der Waals surface area contributed by atoms with Crippen molar-refractivity contribution in [3.8, 4) is 5.75 Å². The highest BCUT2D eigenvalue weighted by atomic mass is 35.5. The standard InChI is InChI=1S/C25H32ClN3O3S/c1-17(2)15-25(23(31)29(24(32)27-25)12-9-20-4-3-13-33-20)19-7-10-28(11-8-19)16-18-5-6-22(30)21(26)14-18/h3-6,13-14,17,19,30H,7-12,15-16H2,1-2H3,(H,27,32)/t25-/m0/s1. The van der Waals surface area contributed by atoms with Gasteiger partial charge in [0.05, 0.1) is 5.02 Å². The summed E-state index contributed by atoms with van der Waals surface area (Å²) in [5.41, 5.74) is 0.243. The zero-order chi connectivity index (χ0) is 23.6. The first-order chi connectivity index (χ1) is 15.8. The Morgan fingerprint density at radius 3 is 2.64 bits per heavy atom. The minimum absolute atomic E-state index is 0.0541. The van der Waals surface area contributed by atoms with Crippen LogP contribution >= 0.6 is 22.9 Å². The monoisotopic (exact) mass is 489 g/mol. The molecular formula is C25H32ClN3O3S. The van der Waals surface area contributed by atoms with E-state index in [9.17, 15) is 14.7 Å². The molecule has 33 heavy (non-hydrogen) atoms. The van der Waals surface area contributed by atoms with Crippen molar-refractivity contribution >= 4 is 34.9 Å². The summed E-state index contributed by atoms with van der Waals surface area (Å²) in [4.78, 5) is 31.5. The van der Waals surface area contributed by atoms with E-state index >= 15 is 0 Å². The highest BCUT2D eigenvalue weighted by Crippen LogP contribution is 2.38. The number of aromatic hydroxyl groups is 1. The maximum Gasteiger partial charge on any atom is 0.325 e. The van der Waals surface area contributed by atoms with Gasteiger partial charge in [-0.25, -0.2) is 4.79 Å². The lowest BCUT2D eigenvalue weighted by atomic mass is 9.73. The van der Waals surface area contributed by atoms with E-state index in [1.807, 2.05) is 23.6 Å². The van der Waals surface area contributed by atoms with Gasteiger partial charge < -0.3 is 10.4 Å². The second-order valence-corrected chi connectivity index (χ2v) is 11.1. The summed E-state index contributed by atoms with van der Waals surface area (Å²) in [6, 6.07) is 9.10. The molecule has 178 valence electrons. The summed E-state index contributed by atoms with van der Waals surface area (Å²) in [6.07, 6.45) is 3.06. The molecular weight excluding hydrogens is 458 g/mol. The number of hydrogen-bond acceptors (Lipinski definition) is 5. The predicted molar refractivity (Wildman–Crippen MR) is 132 cm³/mol. The minimum Gasteiger partial charge on any atom is -0.506 e. The van der Waals surface area contributed by atoms with Gasteiger partial charge in [0.25, 0.3) is 5.91 Å². The first-order valence-corrected chi connectivity index (χ1v) is 12.9. The number of rotatable bonds is 8. The van der Waals surface area contributed by atoms with Crippen molar-refractivity contribution in [2.45, 2.75) is 51.6 Å². The molecule has 0 aliphatic carbocycles. The zero-order valence-electron chi connectivity index (χ0n) is 19.2. The van der Waals surface area contributed by atoms with E-state index in [2.05, 4.69) is 24.1 Å². The van der Waals surface area contributed by atoms with Gasteiger partial charge in [-0.3, -0.25) is 14.6 Å². The first kappa shape index (κ1) is 24.0. The number of carbonyl (C=O) groups excluding carboxylic acids is 2. The van der Waals surface area contributed by atoms with Gasteiger partial charge in [0.2, 0.25) is 0 Å². The Labute approximate surface area is 204 Å². The molecule has 0 saturated carbocycles. The van der Waals surface area contributed by atoms with E-state index in [0.29, 0.717) is 30.3 Å². The van der Waals surface area contributed by atoms with Crippen molar-refractivity contribution < 1.29 is 14.7 Å². The van der Waals surface area contributed by atoms with Crippen molar-refractivity contribution in [1.29, 1.82) is 0 Å². The van der Waals surface area contributed by atoms with E-state index in [0.717, 1.165) is 38.0 Å². The second kappa shape index (κ2) is 10.0. The van der Waals surface area contributed by atoms with Gasteiger partial charge in [-0.1, -0.05) is 37.6 Å². The Morgan fingerprint density at radius 2 is 2.00 bits per heavy atom. The lowest BCUT2D eigenvalue weighted by molar-refractivity contribution is -0.134. The maximum absolute atomic E-state index is 13.7. The third kappa shape index (κ3) is 5.20. The molecule has 1 aromatic carbocycles. The van der Waals surface area contributed by atoms with Crippen molar-refractivity contribution in [2.75, 3.05) is 19.6 Å². The van der Waals surface area contributed by atoms with E-state index in [-0.39, 0.29) is 23.6 Å². The van der Waals surface area contributed by atoms with Crippen LogP contribution in [0.5, 0.6) is 5.75 Å². The zero-order valence-corrected chi connectivity index (χ0v) is 20.8. The highest BCUT2D eigenvalue weighted by Gasteiger charge is 2.55. The summed E-state index contributed by atoms with van der Waals surface area (Å²) < 4.78 is 0. The van der Waals surface area contributed by atoms with Gasteiger partial charge in [0.15, 0.2) is 0 Å². The molecule has 2 aromatic rings.